The number of carbonyl (C=O) groups is 1. The van der Waals surface area contributed by atoms with Crippen LogP contribution in [0.15, 0.2) is 53.2 Å². The van der Waals surface area contributed by atoms with Crippen LogP contribution in [0.5, 0.6) is 0 Å². The third-order valence-electron chi connectivity index (χ3n) is 5.49. The number of hydrogen-bond acceptors (Lipinski definition) is 4. The third kappa shape index (κ3) is 4.27. The third-order valence-corrected chi connectivity index (χ3v) is 5.49. The van der Waals surface area contributed by atoms with Crippen LogP contribution in [0.4, 0.5) is 0 Å². The van der Waals surface area contributed by atoms with Crippen molar-refractivity contribution in [3.63, 3.8) is 0 Å². The van der Waals surface area contributed by atoms with E-state index in [2.05, 4.69) is 9.55 Å². The van der Waals surface area contributed by atoms with Gasteiger partial charge in [0.1, 0.15) is 17.3 Å². The van der Waals surface area contributed by atoms with Crippen molar-refractivity contribution in [3.05, 3.63) is 65.9 Å². The molecule has 152 valence electrons. The van der Waals surface area contributed by atoms with Crippen LogP contribution in [-0.4, -0.2) is 47.2 Å². The van der Waals surface area contributed by atoms with Gasteiger partial charge in [0.2, 0.25) is 0 Å². The molecule has 3 aromatic rings. The molecule has 0 bridgehead atoms. The van der Waals surface area contributed by atoms with E-state index in [1.807, 2.05) is 60.6 Å². The molecular weight excluding hydrogens is 366 g/mol. The number of ether oxygens (including phenoxy) is 1. The fourth-order valence-electron chi connectivity index (χ4n) is 4.01. The number of amides is 1. The van der Waals surface area contributed by atoms with Crippen LogP contribution in [0.2, 0.25) is 0 Å². The van der Waals surface area contributed by atoms with Gasteiger partial charge in [-0.05, 0) is 44.0 Å². The Bertz CT molecular complexity index is 975. The molecule has 0 radical (unpaired) electrons. The number of furan rings is 1. The summed E-state index contributed by atoms with van der Waals surface area (Å²) in [6.07, 6.45) is 5.84. The van der Waals surface area contributed by atoms with E-state index >= 15 is 0 Å². The zero-order valence-electron chi connectivity index (χ0n) is 17.0. The largest absolute Gasteiger partial charge is 0.461 e. The normalized spacial score (nSPS) is 16.9. The molecule has 2 aromatic heterocycles. The van der Waals surface area contributed by atoms with E-state index in [0.29, 0.717) is 18.7 Å². The maximum Gasteiger partial charge on any atom is 0.253 e. The predicted octanol–water partition coefficient (Wildman–Crippen LogP) is 4.12. The SMILES string of the molecule is COCCn1ccnc1C1CCCN(C(=O)c2cccc(-c3ccc(C)o3)c2)C1. The van der Waals surface area contributed by atoms with E-state index in [4.69, 9.17) is 9.15 Å². The van der Waals surface area contributed by atoms with Gasteiger partial charge in [0.05, 0.1) is 6.61 Å². The van der Waals surface area contributed by atoms with Crippen LogP contribution >= 0.6 is 0 Å². The highest BCUT2D eigenvalue weighted by molar-refractivity contribution is 5.95. The number of aryl methyl sites for hydroxylation is 1. The smallest absolute Gasteiger partial charge is 0.253 e. The van der Waals surface area contributed by atoms with Gasteiger partial charge in [0.25, 0.3) is 5.91 Å². The maximum absolute atomic E-state index is 13.2. The lowest BCUT2D eigenvalue weighted by Crippen LogP contribution is -2.39. The second-order valence-corrected chi connectivity index (χ2v) is 7.55. The molecule has 1 amide bonds. The highest BCUT2D eigenvalue weighted by Gasteiger charge is 2.28. The minimum Gasteiger partial charge on any atom is -0.461 e. The summed E-state index contributed by atoms with van der Waals surface area (Å²) >= 11 is 0. The van der Waals surface area contributed by atoms with Gasteiger partial charge in [-0.2, -0.15) is 0 Å². The van der Waals surface area contributed by atoms with Crippen molar-refractivity contribution in [2.75, 3.05) is 26.8 Å². The topological polar surface area (TPSA) is 60.5 Å². The molecule has 1 fully saturated rings. The van der Waals surface area contributed by atoms with Crippen LogP contribution in [0.1, 0.15) is 40.7 Å². The van der Waals surface area contributed by atoms with E-state index in [1.54, 1.807) is 7.11 Å². The van der Waals surface area contributed by atoms with Crippen molar-refractivity contribution in [2.24, 2.45) is 0 Å². The highest BCUT2D eigenvalue weighted by Crippen LogP contribution is 2.28. The van der Waals surface area contributed by atoms with Crippen LogP contribution in [-0.2, 0) is 11.3 Å². The summed E-state index contributed by atoms with van der Waals surface area (Å²) in [6.45, 7) is 4.81. The number of methoxy groups -OCH3 is 1. The van der Waals surface area contributed by atoms with E-state index < -0.39 is 0 Å². The Morgan fingerprint density at radius 2 is 2.21 bits per heavy atom. The van der Waals surface area contributed by atoms with Crippen molar-refractivity contribution in [1.82, 2.24) is 14.5 Å². The molecule has 1 aliphatic heterocycles. The Morgan fingerprint density at radius 1 is 1.31 bits per heavy atom. The fraction of sp³-hybridized carbons (Fsp3) is 0.391. The number of rotatable bonds is 6. The summed E-state index contributed by atoms with van der Waals surface area (Å²) in [4.78, 5) is 19.7. The molecule has 1 atom stereocenters. The molecule has 0 saturated carbocycles. The molecule has 4 rings (SSSR count). The quantitative estimate of drug-likeness (QED) is 0.632. The average molecular weight is 393 g/mol. The number of hydrogen-bond donors (Lipinski definition) is 0. The van der Waals surface area contributed by atoms with Gasteiger partial charge >= 0.3 is 0 Å². The van der Waals surface area contributed by atoms with Gasteiger partial charge in [-0.25, -0.2) is 4.98 Å². The van der Waals surface area contributed by atoms with Gasteiger partial charge in [-0.15, -0.1) is 0 Å². The number of carbonyl (C=O) groups excluding carboxylic acids is 1. The second kappa shape index (κ2) is 8.66. The van der Waals surface area contributed by atoms with Gasteiger partial charge in [-0.3, -0.25) is 4.79 Å². The van der Waals surface area contributed by atoms with Crippen molar-refractivity contribution >= 4 is 5.91 Å². The van der Waals surface area contributed by atoms with E-state index in [9.17, 15) is 4.79 Å². The van der Waals surface area contributed by atoms with Gasteiger partial charge in [-0.1, -0.05) is 12.1 Å². The minimum absolute atomic E-state index is 0.0647. The summed E-state index contributed by atoms with van der Waals surface area (Å²) in [7, 11) is 1.70. The number of likely N-dealkylation sites (tertiary alicyclic amines) is 1. The predicted molar refractivity (Wildman–Crippen MR) is 111 cm³/mol. The Labute approximate surface area is 171 Å². The Balaban J connectivity index is 1.50. The molecule has 6 nitrogen and oxygen atoms in total. The molecule has 1 unspecified atom stereocenters. The molecule has 29 heavy (non-hydrogen) atoms. The van der Waals surface area contributed by atoms with Crippen molar-refractivity contribution < 1.29 is 13.9 Å². The zero-order chi connectivity index (χ0) is 20.2. The van der Waals surface area contributed by atoms with Crippen molar-refractivity contribution in [2.45, 2.75) is 32.2 Å². The van der Waals surface area contributed by atoms with Gasteiger partial charge < -0.3 is 18.6 Å². The molecule has 0 N–H and O–H groups in total. The second-order valence-electron chi connectivity index (χ2n) is 7.55. The first-order valence-corrected chi connectivity index (χ1v) is 10.1. The Morgan fingerprint density at radius 3 is 3.00 bits per heavy atom. The number of benzene rings is 1. The van der Waals surface area contributed by atoms with Gasteiger partial charge in [0, 0.05) is 56.2 Å². The fourth-order valence-corrected chi connectivity index (χ4v) is 4.01. The average Bonchev–Trinajstić information content (AvgIpc) is 3.41. The molecule has 6 heteroatoms. The first-order chi connectivity index (χ1) is 14.2. The monoisotopic (exact) mass is 393 g/mol. The number of piperidine rings is 1. The van der Waals surface area contributed by atoms with Gasteiger partial charge in [0.15, 0.2) is 0 Å². The van der Waals surface area contributed by atoms with Crippen molar-refractivity contribution in [3.8, 4) is 11.3 Å². The molecule has 0 aliphatic carbocycles. The lowest BCUT2D eigenvalue weighted by molar-refractivity contribution is 0.0702. The van der Waals surface area contributed by atoms with Crippen LogP contribution in [0.25, 0.3) is 11.3 Å². The molecule has 1 aliphatic rings. The van der Waals surface area contributed by atoms with Crippen LogP contribution < -0.4 is 0 Å². The maximum atomic E-state index is 13.2. The summed E-state index contributed by atoms with van der Waals surface area (Å²) in [5.74, 6) is 3.00. The lowest BCUT2D eigenvalue weighted by atomic mass is 9.96. The van der Waals surface area contributed by atoms with Crippen molar-refractivity contribution in [1.29, 1.82) is 0 Å². The summed E-state index contributed by atoms with van der Waals surface area (Å²) in [6, 6.07) is 11.6. The molecular formula is C23H27N3O3. The van der Waals surface area contributed by atoms with Crippen LogP contribution in [0.3, 0.4) is 0 Å². The first kappa shape index (κ1) is 19.5. The molecule has 3 heterocycles. The van der Waals surface area contributed by atoms with E-state index in [1.165, 1.54) is 0 Å². The number of aromatic nitrogens is 2. The summed E-state index contributed by atoms with van der Waals surface area (Å²) in [5, 5.41) is 0. The standard InChI is InChI=1S/C23H27N3O3/c1-17-8-9-21(29-17)18-5-3-6-19(15-18)23(27)26-11-4-7-20(16-26)22-24-10-12-25(22)13-14-28-2/h3,5-6,8-10,12,15,20H,4,7,11,13-14,16H2,1-2H3. The lowest BCUT2D eigenvalue weighted by Gasteiger charge is -2.33. The Hall–Kier alpha value is -2.86. The summed E-state index contributed by atoms with van der Waals surface area (Å²) in [5.41, 5.74) is 1.62. The minimum atomic E-state index is 0.0647. The molecule has 1 aromatic carbocycles. The van der Waals surface area contributed by atoms with Crippen LogP contribution in [0, 0.1) is 6.92 Å². The molecule has 1 saturated heterocycles. The zero-order valence-corrected chi connectivity index (χ0v) is 17.0. The summed E-state index contributed by atoms with van der Waals surface area (Å²) < 4.78 is 13.1. The number of nitrogens with zero attached hydrogens (tertiary/aromatic N) is 3. The highest BCUT2D eigenvalue weighted by atomic mass is 16.5. The van der Waals surface area contributed by atoms with E-state index in [0.717, 1.165) is 48.8 Å². The Kier molecular flexibility index (Phi) is 5.81. The first-order valence-electron chi connectivity index (χ1n) is 10.1. The molecule has 0 spiro atoms. The number of imidazole rings is 1. The van der Waals surface area contributed by atoms with E-state index in [-0.39, 0.29) is 11.8 Å².